The molecule has 0 unspecified atom stereocenters. The number of benzene rings is 3. The van der Waals surface area contributed by atoms with E-state index in [1.807, 2.05) is 0 Å². The van der Waals surface area contributed by atoms with Crippen LogP contribution in [0.3, 0.4) is 0 Å². The van der Waals surface area contributed by atoms with Gasteiger partial charge < -0.3 is 0 Å². The second-order valence-electron chi connectivity index (χ2n) is 12.0. The lowest BCUT2D eigenvalue weighted by Gasteiger charge is -2.23. The van der Waals surface area contributed by atoms with Gasteiger partial charge in [-0.25, -0.2) is 0 Å². The second-order valence-corrected chi connectivity index (χ2v) is 30.1. The molecule has 0 N–H and O–H groups in total. The van der Waals surface area contributed by atoms with Crippen molar-refractivity contribution in [2.75, 3.05) is 0 Å². The van der Waals surface area contributed by atoms with Gasteiger partial charge in [0.05, 0.1) is 24.2 Å². The van der Waals surface area contributed by atoms with Crippen molar-refractivity contribution in [3.63, 3.8) is 0 Å². The fourth-order valence-corrected chi connectivity index (χ4v) is 10.5. The average molecular weight is 477 g/mol. The van der Waals surface area contributed by atoms with Crippen molar-refractivity contribution in [2.24, 2.45) is 0 Å². The van der Waals surface area contributed by atoms with Crippen molar-refractivity contribution in [3.05, 3.63) is 72.8 Å². The molecule has 164 valence electrons. The lowest BCUT2D eigenvalue weighted by atomic mass is 10.3. The molecule has 3 rings (SSSR count). The third-order valence-electron chi connectivity index (χ3n) is 6.33. The first-order valence-corrected chi connectivity index (χ1v) is 23.8. The van der Waals surface area contributed by atoms with Crippen LogP contribution >= 0.6 is 0 Å². The van der Waals surface area contributed by atoms with Gasteiger partial charge in [-0.1, -0.05) is 163 Å². The van der Waals surface area contributed by atoms with Gasteiger partial charge in [0.2, 0.25) is 0 Å². The zero-order valence-electron chi connectivity index (χ0n) is 21.0. The van der Waals surface area contributed by atoms with Crippen molar-refractivity contribution < 1.29 is 0 Å². The number of hydrogen-bond donors (Lipinski definition) is 0. The van der Waals surface area contributed by atoms with Crippen LogP contribution in [0.25, 0.3) is 0 Å². The summed E-state index contributed by atoms with van der Waals surface area (Å²) < 4.78 is 0. The predicted octanol–water partition coefficient (Wildman–Crippen LogP) is 3.57. The van der Waals surface area contributed by atoms with Crippen LogP contribution < -0.4 is 31.1 Å². The van der Waals surface area contributed by atoms with Crippen LogP contribution in [-0.2, 0) is 0 Å². The number of hydrogen-bond acceptors (Lipinski definition) is 0. The third-order valence-corrected chi connectivity index (χ3v) is 15.7. The molecule has 3 aromatic carbocycles. The van der Waals surface area contributed by atoms with Crippen LogP contribution in [0.1, 0.15) is 0 Å². The smallest absolute Gasteiger partial charge is 0.0656 e. The molecular formula is C27H40Si4. The molecule has 0 aliphatic heterocycles. The van der Waals surface area contributed by atoms with E-state index in [1.54, 1.807) is 15.6 Å². The lowest BCUT2D eigenvalue weighted by Crippen LogP contribution is -2.53. The zero-order valence-corrected chi connectivity index (χ0v) is 25.2. The molecule has 0 amide bonds. The molecule has 0 saturated carbocycles. The number of rotatable bonds is 6. The monoisotopic (exact) mass is 476 g/mol. The van der Waals surface area contributed by atoms with Crippen molar-refractivity contribution in [1.29, 1.82) is 0 Å². The Morgan fingerprint density at radius 3 is 0.710 bits per heavy atom. The quantitative estimate of drug-likeness (QED) is 0.377. The van der Waals surface area contributed by atoms with Crippen molar-refractivity contribution in [3.8, 4) is 0 Å². The fourth-order valence-electron chi connectivity index (χ4n) is 4.10. The van der Waals surface area contributed by atoms with Gasteiger partial charge in [-0.15, -0.1) is 0 Å². The van der Waals surface area contributed by atoms with Gasteiger partial charge in [0.15, 0.2) is 0 Å². The maximum atomic E-state index is 2.43. The van der Waals surface area contributed by atoms with E-state index in [-0.39, 0.29) is 0 Å². The highest BCUT2D eigenvalue weighted by atomic mass is 28.3. The van der Waals surface area contributed by atoms with Crippen molar-refractivity contribution >= 4 is 64.1 Å². The molecule has 0 aliphatic carbocycles. The van der Waals surface area contributed by atoms with E-state index in [9.17, 15) is 0 Å². The standard InChI is InChI=1S/C27H40Si4/c1-29(2,3)25-16-10-22(11-17-25)28(23-12-18-26(19-13-23)30(4,5)6)24-14-20-27(21-15-24)31(7,8)9/h10-21,28H,1-9H3. The van der Waals surface area contributed by atoms with Gasteiger partial charge in [0.1, 0.15) is 8.80 Å². The molecule has 0 spiro atoms. The Morgan fingerprint density at radius 1 is 0.355 bits per heavy atom. The molecule has 0 atom stereocenters. The van der Waals surface area contributed by atoms with E-state index >= 15 is 0 Å². The van der Waals surface area contributed by atoms with Gasteiger partial charge >= 0.3 is 0 Å². The van der Waals surface area contributed by atoms with Crippen LogP contribution in [0, 0.1) is 0 Å². The molecule has 4 heteroatoms. The summed E-state index contributed by atoms with van der Waals surface area (Å²) in [4.78, 5) is 0. The maximum absolute atomic E-state index is 2.43. The van der Waals surface area contributed by atoms with Crippen LogP contribution in [0.2, 0.25) is 58.9 Å². The van der Waals surface area contributed by atoms with E-state index in [4.69, 9.17) is 0 Å². The van der Waals surface area contributed by atoms with Crippen LogP contribution in [0.15, 0.2) is 72.8 Å². The van der Waals surface area contributed by atoms with Gasteiger partial charge in [-0.3, -0.25) is 0 Å². The summed E-state index contributed by atoms with van der Waals surface area (Å²) in [6.07, 6.45) is 0. The maximum Gasteiger partial charge on any atom is 0.132 e. The summed E-state index contributed by atoms with van der Waals surface area (Å²) in [7, 11) is -5.33. The molecule has 31 heavy (non-hydrogen) atoms. The Morgan fingerprint density at radius 2 is 0.548 bits per heavy atom. The van der Waals surface area contributed by atoms with Gasteiger partial charge in [-0.2, -0.15) is 0 Å². The highest BCUT2D eigenvalue weighted by molar-refractivity contribution is 6.96. The Bertz CT molecular complexity index is 861. The summed E-state index contributed by atoms with van der Waals surface area (Å²) in [5.41, 5.74) is 0. The molecular weight excluding hydrogens is 437 g/mol. The van der Waals surface area contributed by atoms with E-state index in [1.165, 1.54) is 15.6 Å². The normalized spacial score (nSPS) is 13.0. The molecule has 0 saturated heterocycles. The zero-order chi connectivity index (χ0) is 23.0. The second kappa shape index (κ2) is 8.81. The summed E-state index contributed by atoms with van der Waals surface area (Å²) in [5, 5.41) is 9.24. The van der Waals surface area contributed by atoms with Crippen molar-refractivity contribution in [2.45, 2.75) is 58.9 Å². The summed E-state index contributed by atoms with van der Waals surface area (Å²) >= 11 is 0. The first kappa shape index (κ1) is 24.2. The van der Waals surface area contributed by atoms with Gasteiger partial charge in [-0.05, 0) is 0 Å². The Balaban J connectivity index is 2.08. The average Bonchev–Trinajstić information content (AvgIpc) is 2.67. The Labute approximate surface area is 195 Å². The molecule has 3 aromatic rings. The first-order chi connectivity index (χ1) is 14.3. The topological polar surface area (TPSA) is 0 Å². The van der Waals surface area contributed by atoms with E-state index in [0.717, 1.165) is 0 Å². The lowest BCUT2D eigenvalue weighted by molar-refractivity contribution is 1.68. The molecule has 0 fully saturated rings. The molecule has 0 radical (unpaired) electrons. The molecule has 0 bridgehead atoms. The Hall–Kier alpha value is -1.47. The minimum atomic E-state index is -1.49. The summed E-state index contributed by atoms with van der Waals surface area (Å²) in [6.45, 7) is 21.9. The fraction of sp³-hybridized carbons (Fsp3) is 0.333. The van der Waals surface area contributed by atoms with E-state index in [2.05, 4.69) is 132 Å². The summed E-state index contributed by atoms with van der Waals surface area (Å²) in [5.74, 6) is 0. The third kappa shape index (κ3) is 5.86. The first-order valence-electron chi connectivity index (χ1n) is 11.6. The largest absolute Gasteiger partial charge is 0.132 e. The molecule has 0 aromatic heterocycles. The minimum Gasteiger partial charge on any atom is -0.0656 e. The molecule has 0 nitrogen and oxygen atoms in total. The van der Waals surface area contributed by atoms with Crippen LogP contribution in [0.4, 0.5) is 0 Å². The van der Waals surface area contributed by atoms with Gasteiger partial charge in [0, 0.05) is 0 Å². The minimum absolute atomic E-state index is 1.28. The van der Waals surface area contributed by atoms with Crippen LogP contribution in [-0.4, -0.2) is 33.0 Å². The van der Waals surface area contributed by atoms with Gasteiger partial charge in [0.25, 0.3) is 0 Å². The van der Waals surface area contributed by atoms with E-state index < -0.39 is 33.0 Å². The van der Waals surface area contributed by atoms with E-state index in [0.29, 0.717) is 0 Å². The molecule has 0 aliphatic rings. The van der Waals surface area contributed by atoms with Crippen LogP contribution in [0.5, 0.6) is 0 Å². The summed E-state index contributed by atoms with van der Waals surface area (Å²) in [6, 6.07) is 29.1. The Kier molecular flexibility index (Phi) is 6.87. The predicted molar refractivity (Wildman–Crippen MR) is 154 cm³/mol. The van der Waals surface area contributed by atoms with Crippen molar-refractivity contribution in [1.82, 2.24) is 0 Å². The highest BCUT2D eigenvalue weighted by Gasteiger charge is 2.24. The SMILES string of the molecule is C[Si](C)(C)c1ccc([SiH](c2ccc([Si](C)(C)C)cc2)c2ccc([Si](C)(C)C)cc2)cc1. The molecule has 0 heterocycles. The highest BCUT2D eigenvalue weighted by Crippen LogP contribution is 2.05.